The van der Waals surface area contributed by atoms with Crippen LogP contribution in [-0.2, 0) is 0 Å². The number of nitrogens with zero attached hydrogens (tertiary/aromatic N) is 2. The fourth-order valence-corrected chi connectivity index (χ4v) is 1.92. The number of nitrogens with two attached hydrogens (primary N) is 3. The van der Waals surface area contributed by atoms with Crippen molar-refractivity contribution in [2.45, 2.75) is 26.2 Å². The van der Waals surface area contributed by atoms with E-state index in [4.69, 9.17) is 17.2 Å². The molecule has 0 bridgehead atoms. The van der Waals surface area contributed by atoms with Gasteiger partial charge in [0.1, 0.15) is 0 Å². The summed E-state index contributed by atoms with van der Waals surface area (Å²) in [5.41, 5.74) is 18.0. The Morgan fingerprint density at radius 3 is 2.50 bits per heavy atom. The van der Waals surface area contributed by atoms with Gasteiger partial charge in [-0.15, -0.1) is 0 Å². The molecule has 0 amide bonds. The minimum atomic E-state index is -0.108. The van der Waals surface area contributed by atoms with Crippen LogP contribution < -0.4 is 17.2 Å². The predicted octanol–water partition coefficient (Wildman–Crippen LogP) is 2.18. The highest BCUT2D eigenvalue weighted by atomic mass is 79.9. The zero-order chi connectivity index (χ0) is 13.7. The quantitative estimate of drug-likeness (QED) is 0.588. The number of rotatable bonds is 3. The number of guanidine groups is 2. The molecular weight excluding hydrogens is 294 g/mol. The van der Waals surface area contributed by atoms with Crippen LogP contribution in [0.2, 0.25) is 0 Å². The Kier molecular flexibility index (Phi) is 5.15. The second-order valence-electron chi connectivity index (χ2n) is 4.03. The van der Waals surface area contributed by atoms with Crippen LogP contribution in [-0.4, -0.2) is 11.9 Å². The molecule has 0 saturated carbocycles. The lowest BCUT2D eigenvalue weighted by Crippen LogP contribution is -2.26. The normalized spacial score (nSPS) is 13.2. The van der Waals surface area contributed by atoms with Crippen molar-refractivity contribution in [2.75, 3.05) is 0 Å². The third-order valence-corrected chi connectivity index (χ3v) is 3.27. The monoisotopic (exact) mass is 311 g/mol. The van der Waals surface area contributed by atoms with Crippen molar-refractivity contribution in [2.24, 2.45) is 27.2 Å². The molecule has 1 aromatic rings. The van der Waals surface area contributed by atoms with E-state index in [1.54, 1.807) is 0 Å². The highest BCUT2D eigenvalue weighted by Gasteiger charge is 2.06. The molecule has 5 nitrogen and oxygen atoms in total. The molecule has 0 radical (unpaired) electrons. The number of hydrogen-bond donors (Lipinski definition) is 3. The zero-order valence-corrected chi connectivity index (χ0v) is 12.1. The van der Waals surface area contributed by atoms with Crippen molar-refractivity contribution in [3.63, 3.8) is 0 Å². The van der Waals surface area contributed by atoms with Gasteiger partial charge >= 0.3 is 0 Å². The Balaban J connectivity index is 3.03. The minimum Gasteiger partial charge on any atom is -0.370 e. The fraction of sp³-hybridized carbons (Fsp3) is 0.333. The van der Waals surface area contributed by atoms with Crippen LogP contribution >= 0.6 is 15.9 Å². The molecule has 0 aliphatic heterocycles. The van der Waals surface area contributed by atoms with Crippen LogP contribution in [0.3, 0.4) is 0 Å². The van der Waals surface area contributed by atoms with E-state index in [0.717, 1.165) is 10.9 Å². The van der Waals surface area contributed by atoms with Gasteiger partial charge in [0, 0.05) is 4.47 Å². The summed E-state index contributed by atoms with van der Waals surface area (Å²) in [6.07, 6.45) is 1.09. The summed E-state index contributed by atoms with van der Waals surface area (Å²) in [6, 6.07) is 5.96. The van der Waals surface area contributed by atoms with Gasteiger partial charge < -0.3 is 17.2 Å². The topological polar surface area (TPSA) is 103 Å². The largest absolute Gasteiger partial charge is 0.370 e. The predicted molar refractivity (Wildman–Crippen MR) is 79.9 cm³/mol. The number of halogens is 1. The Hall–Kier alpha value is -1.56. The molecule has 6 heteroatoms. The third kappa shape index (κ3) is 4.03. The highest BCUT2D eigenvalue weighted by Crippen LogP contribution is 2.30. The van der Waals surface area contributed by atoms with Crippen LogP contribution in [0.25, 0.3) is 0 Å². The Morgan fingerprint density at radius 1 is 1.33 bits per heavy atom. The summed E-state index contributed by atoms with van der Waals surface area (Å²) < 4.78 is 0.869. The molecule has 0 saturated heterocycles. The minimum absolute atomic E-state index is 0.0342. The van der Waals surface area contributed by atoms with Crippen molar-refractivity contribution in [1.82, 2.24) is 0 Å². The van der Waals surface area contributed by atoms with E-state index in [2.05, 4.69) is 39.8 Å². The van der Waals surface area contributed by atoms with E-state index in [1.165, 1.54) is 5.56 Å². The van der Waals surface area contributed by atoms with E-state index in [9.17, 15) is 0 Å². The SMILES string of the molecule is CCC(C)c1ccc(N=C(N)N=C(N)N)c(Br)c1. The van der Waals surface area contributed by atoms with E-state index in [0.29, 0.717) is 11.6 Å². The molecule has 0 heterocycles. The van der Waals surface area contributed by atoms with Crippen molar-refractivity contribution < 1.29 is 0 Å². The molecule has 0 fully saturated rings. The average Bonchev–Trinajstić information content (AvgIpc) is 2.29. The summed E-state index contributed by atoms with van der Waals surface area (Å²) in [4.78, 5) is 7.79. The maximum atomic E-state index is 5.58. The summed E-state index contributed by atoms with van der Waals surface area (Å²) >= 11 is 3.47. The zero-order valence-electron chi connectivity index (χ0n) is 10.5. The lowest BCUT2D eigenvalue weighted by molar-refractivity contribution is 0.733. The Bertz CT molecular complexity index is 477. The van der Waals surface area contributed by atoms with Gasteiger partial charge in [-0.25, -0.2) is 4.99 Å². The first-order valence-electron chi connectivity index (χ1n) is 5.67. The first kappa shape index (κ1) is 14.5. The molecule has 18 heavy (non-hydrogen) atoms. The molecule has 98 valence electrons. The van der Waals surface area contributed by atoms with Crippen LogP contribution in [0.5, 0.6) is 0 Å². The van der Waals surface area contributed by atoms with Gasteiger partial charge in [0.15, 0.2) is 5.96 Å². The van der Waals surface area contributed by atoms with Gasteiger partial charge in [-0.1, -0.05) is 19.9 Å². The summed E-state index contributed by atoms with van der Waals surface area (Å²) in [7, 11) is 0. The molecule has 1 rings (SSSR count). The van der Waals surface area contributed by atoms with Crippen LogP contribution in [0.4, 0.5) is 5.69 Å². The van der Waals surface area contributed by atoms with E-state index >= 15 is 0 Å². The summed E-state index contributed by atoms with van der Waals surface area (Å²) in [6.45, 7) is 4.33. The van der Waals surface area contributed by atoms with Crippen molar-refractivity contribution >= 4 is 33.5 Å². The second-order valence-corrected chi connectivity index (χ2v) is 4.88. The molecule has 1 aromatic carbocycles. The van der Waals surface area contributed by atoms with Crippen molar-refractivity contribution in [1.29, 1.82) is 0 Å². The summed E-state index contributed by atoms with van der Waals surface area (Å²) in [5, 5.41) is 0. The molecule has 1 atom stereocenters. The molecule has 0 aromatic heterocycles. The van der Waals surface area contributed by atoms with Crippen molar-refractivity contribution in [3.05, 3.63) is 28.2 Å². The lowest BCUT2D eigenvalue weighted by Gasteiger charge is -2.10. The van der Waals surface area contributed by atoms with Crippen LogP contribution in [0.1, 0.15) is 31.7 Å². The van der Waals surface area contributed by atoms with Gasteiger partial charge in [0.2, 0.25) is 5.96 Å². The standard InChI is InChI=1S/C12H18BrN5/c1-3-7(2)8-4-5-10(9(13)6-8)17-12(16)18-11(14)15/h4-7H,3H2,1-2H3,(H6,14,15,16,17,18). The van der Waals surface area contributed by atoms with Gasteiger partial charge in [-0.05, 0) is 46.0 Å². The first-order valence-corrected chi connectivity index (χ1v) is 6.46. The highest BCUT2D eigenvalue weighted by molar-refractivity contribution is 9.10. The maximum absolute atomic E-state index is 5.58. The molecule has 1 unspecified atom stereocenters. The second kappa shape index (κ2) is 6.39. The number of aliphatic imine (C=N–C) groups is 2. The van der Waals surface area contributed by atoms with Gasteiger partial charge in [-0.3, -0.25) is 0 Å². The first-order chi connectivity index (χ1) is 8.43. The molecular formula is C12H18BrN5. The average molecular weight is 312 g/mol. The third-order valence-electron chi connectivity index (χ3n) is 2.63. The van der Waals surface area contributed by atoms with E-state index in [-0.39, 0.29) is 11.9 Å². The van der Waals surface area contributed by atoms with Crippen molar-refractivity contribution in [3.8, 4) is 0 Å². The molecule has 0 aliphatic rings. The molecule has 0 aliphatic carbocycles. The van der Waals surface area contributed by atoms with E-state index < -0.39 is 0 Å². The number of hydrogen-bond acceptors (Lipinski definition) is 1. The lowest BCUT2D eigenvalue weighted by atomic mass is 9.99. The smallest absolute Gasteiger partial charge is 0.223 e. The Morgan fingerprint density at radius 2 is 2.00 bits per heavy atom. The van der Waals surface area contributed by atoms with Gasteiger partial charge in [-0.2, -0.15) is 4.99 Å². The van der Waals surface area contributed by atoms with Crippen LogP contribution in [0, 0.1) is 0 Å². The van der Waals surface area contributed by atoms with Gasteiger partial charge in [0.25, 0.3) is 0 Å². The van der Waals surface area contributed by atoms with E-state index in [1.807, 2.05) is 18.2 Å². The molecule has 6 N–H and O–H groups in total. The van der Waals surface area contributed by atoms with Crippen LogP contribution in [0.15, 0.2) is 32.7 Å². The molecule has 0 spiro atoms. The maximum Gasteiger partial charge on any atom is 0.223 e. The summed E-state index contributed by atoms with van der Waals surface area (Å²) in [5.74, 6) is 0.435. The van der Waals surface area contributed by atoms with Gasteiger partial charge in [0.05, 0.1) is 5.69 Å². The fourth-order valence-electron chi connectivity index (χ4n) is 1.44. The Labute approximate surface area is 115 Å². The number of benzene rings is 1.